The maximum Gasteiger partial charge on any atom is 0.318 e. The van der Waals surface area contributed by atoms with Crippen LogP contribution in [0.5, 0.6) is 11.5 Å². The van der Waals surface area contributed by atoms with E-state index in [1.807, 2.05) is 37.3 Å². The van der Waals surface area contributed by atoms with Crippen molar-refractivity contribution in [3.63, 3.8) is 0 Å². The van der Waals surface area contributed by atoms with Crippen LogP contribution in [-0.4, -0.2) is 44.7 Å². The molecule has 4 rings (SSSR count). The largest absolute Gasteiger partial charge is 0.493 e. The summed E-state index contributed by atoms with van der Waals surface area (Å²) in [6.07, 6.45) is 0.678. The maximum atomic E-state index is 13.3. The first-order valence-corrected chi connectivity index (χ1v) is 9.21. The van der Waals surface area contributed by atoms with Crippen LogP contribution in [0.15, 0.2) is 36.4 Å². The van der Waals surface area contributed by atoms with E-state index in [4.69, 9.17) is 14.2 Å². The van der Waals surface area contributed by atoms with Gasteiger partial charge in [-0.2, -0.15) is 0 Å². The monoisotopic (exact) mass is 381 g/mol. The van der Waals surface area contributed by atoms with Gasteiger partial charge in [-0.3, -0.25) is 9.59 Å². The Morgan fingerprint density at radius 1 is 1.11 bits per heavy atom. The molecular weight excluding hydrogens is 358 g/mol. The Bertz CT molecular complexity index is 969. The third-order valence-corrected chi connectivity index (χ3v) is 6.01. The van der Waals surface area contributed by atoms with Crippen LogP contribution in [-0.2, 0) is 21.4 Å². The van der Waals surface area contributed by atoms with Gasteiger partial charge in [-0.05, 0) is 48.2 Å². The molecule has 0 N–H and O–H groups in total. The lowest BCUT2D eigenvalue weighted by Crippen LogP contribution is -2.56. The van der Waals surface area contributed by atoms with Crippen LogP contribution in [0.1, 0.15) is 40.0 Å². The second-order valence-electron chi connectivity index (χ2n) is 7.30. The van der Waals surface area contributed by atoms with E-state index in [0.29, 0.717) is 35.6 Å². The molecule has 2 aromatic carbocycles. The molecule has 28 heavy (non-hydrogen) atoms. The van der Waals surface area contributed by atoms with E-state index in [9.17, 15) is 9.59 Å². The molecule has 2 aliphatic heterocycles. The number of rotatable bonds is 3. The fourth-order valence-corrected chi connectivity index (χ4v) is 4.65. The van der Waals surface area contributed by atoms with Crippen molar-refractivity contribution in [3.05, 3.63) is 58.7 Å². The third kappa shape index (κ3) is 2.33. The average Bonchev–Trinajstić information content (AvgIpc) is 2.74. The number of fused-ring (bicyclic) bond motifs is 4. The fraction of sp³-hybridized carbons (Fsp3) is 0.364. The highest BCUT2D eigenvalue weighted by atomic mass is 16.5. The Morgan fingerprint density at radius 3 is 2.46 bits per heavy atom. The summed E-state index contributed by atoms with van der Waals surface area (Å²) >= 11 is 0. The van der Waals surface area contributed by atoms with Gasteiger partial charge in [0.2, 0.25) is 0 Å². The zero-order valence-corrected chi connectivity index (χ0v) is 16.4. The molecule has 0 spiro atoms. The van der Waals surface area contributed by atoms with Crippen LogP contribution < -0.4 is 9.47 Å². The van der Waals surface area contributed by atoms with Gasteiger partial charge in [0.25, 0.3) is 5.91 Å². The third-order valence-electron chi connectivity index (χ3n) is 6.01. The summed E-state index contributed by atoms with van der Waals surface area (Å²) in [6, 6.07) is 10.6. The van der Waals surface area contributed by atoms with Gasteiger partial charge in [-0.25, -0.2) is 0 Å². The summed E-state index contributed by atoms with van der Waals surface area (Å²) in [5, 5.41) is 0. The van der Waals surface area contributed by atoms with Crippen molar-refractivity contribution in [3.8, 4) is 11.5 Å². The molecule has 2 heterocycles. The van der Waals surface area contributed by atoms with E-state index in [-0.39, 0.29) is 11.9 Å². The lowest BCUT2D eigenvalue weighted by molar-refractivity contribution is -0.150. The van der Waals surface area contributed by atoms with Gasteiger partial charge >= 0.3 is 5.97 Å². The Labute approximate surface area is 164 Å². The summed E-state index contributed by atoms with van der Waals surface area (Å²) in [5.41, 5.74) is 2.14. The molecule has 6 heteroatoms. The molecule has 0 saturated carbocycles. The quantitative estimate of drug-likeness (QED) is 0.765. The summed E-state index contributed by atoms with van der Waals surface area (Å²) in [5.74, 6) is 0.770. The number of benzene rings is 2. The smallest absolute Gasteiger partial charge is 0.318 e. The van der Waals surface area contributed by atoms with Crippen molar-refractivity contribution in [1.29, 1.82) is 0 Å². The van der Waals surface area contributed by atoms with Crippen molar-refractivity contribution >= 4 is 11.9 Å². The highest BCUT2D eigenvalue weighted by molar-refractivity contribution is 6.02. The second kappa shape index (κ2) is 6.55. The topological polar surface area (TPSA) is 65.1 Å². The molecule has 2 aromatic rings. The normalized spacial score (nSPS) is 22.6. The van der Waals surface area contributed by atoms with Crippen molar-refractivity contribution in [2.24, 2.45) is 0 Å². The first-order valence-electron chi connectivity index (χ1n) is 9.21. The van der Waals surface area contributed by atoms with Gasteiger partial charge < -0.3 is 19.1 Å². The summed E-state index contributed by atoms with van der Waals surface area (Å²) in [4.78, 5) is 28.1. The van der Waals surface area contributed by atoms with Crippen molar-refractivity contribution in [2.45, 2.75) is 24.8 Å². The van der Waals surface area contributed by atoms with Gasteiger partial charge in [0.05, 0.1) is 27.4 Å². The van der Waals surface area contributed by atoms with E-state index in [1.54, 1.807) is 25.2 Å². The van der Waals surface area contributed by atoms with E-state index >= 15 is 0 Å². The van der Waals surface area contributed by atoms with Gasteiger partial charge in [0.15, 0.2) is 11.5 Å². The standard InChI is InChI=1S/C22H23NO5/c1-22(21(25)28-4)16-8-6-5-7-14(16)20(24)23-10-9-13-11-17(26-2)18(27-3)12-15(13)19(22)23/h5-8,11-12,19H,9-10H2,1-4H3/t19-,22-/m0/s1. The Morgan fingerprint density at radius 2 is 1.79 bits per heavy atom. The lowest BCUT2D eigenvalue weighted by Gasteiger charge is -2.50. The number of hydrogen-bond donors (Lipinski definition) is 0. The number of methoxy groups -OCH3 is 3. The number of ether oxygens (including phenoxy) is 3. The minimum atomic E-state index is -1.03. The summed E-state index contributed by atoms with van der Waals surface area (Å²) in [7, 11) is 4.55. The van der Waals surface area contributed by atoms with Crippen LogP contribution in [0.25, 0.3) is 0 Å². The average molecular weight is 381 g/mol. The van der Waals surface area contributed by atoms with Crippen LogP contribution in [0.2, 0.25) is 0 Å². The van der Waals surface area contributed by atoms with Crippen LogP contribution in [0.3, 0.4) is 0 Å². The Balaban J connectivity index is 2.01. The Hall–Kier alpha value is -3.02. The van der Waals surface area contributed by atoms with Gasteiger partial charge in [-0.15, -0.1) is 0 Å². The molecule has 2 atom stereocenters. The van der Waals surface area contributed by atoms with E-state index in [0.717, 1.165) is 11.1 Å². The molecule has 2 aliphatic rings. The predicted octanol–water partition coefficient (Wildman–Crippen LogP) is 2.89. The van der Waals surface area contributed by atoms with Crippen LogP contribution in [0.4, 0.5) is 0 Å². The minimum Gasteiger partial charge on any atom is -0.493 e. The first-order chi connectivity index (χ1) is 13.5. The molecular formula is C22H23NO5. The number of carbonyl (C=O) groups is 2. The molecule has 0 fully saturated rings. The van der Waals surface area contributed by atoms with Crippen molar-refractivity contribution in [1.82, 2.24) is 4.90 Å². The van der Waals surface area contributed by atoms with E-state index in [2.05, 4.69) is 0 Å². The predicted molar refractivity (Wildman–Crippen MR) is 103 cm³/mol. The molecule has 1 amide bonds. The van der Waals surface area contributed by atoms with Crippen molar-refractivity contribution < 1.29 is 23.8 Å². The molecule has 6 nitrogen and oxygen atoms in total. The molecule has 146 valence electrons. The highest BCUT2D eigenvalue weighted by Crippen LogP contribution is 2.51. The van der Waals surface area contributed by atoms with Crippen molar-refractivity contribution in [2.75, 3.05) is 27.9 Å². The number of esters is 1. The number of amides is 1. The molecule has 0 bridgehead atoms. The lowest BCUT2D eigenvalue weighted by atomic mass is 9.66. The minimum absolute atomic E-state index is 0.0672. The van der Waals surface area contributed by atoms with Gasteiger partial charge in [0, 0.05) is 12.1 Å². The molecule has 0 unspecified atom stereocenters. The van der Waals surface area contributed by atoms with E-state index in [1.165, 1.54) is 7.11 Å². The summed E-state index contributed by atoms with van der Waals surface area (Å²) in [6.45, 7) is 2.38. The van der Waals surface area contributed by atoms with E-state index < -0.39 is 11.5 Å². The molecule has 0 aliphatic carbocycles. The summed E-state index contributed by atoms with van der Waals surface area (Å²) < 4.78 is 16.1. The van der Waals surface area contributed by atoms with Crippen LogP contribution in [0, 0.1) is 0 Å². The molecule has 0 radical (unpaired) electrons. The zero-order chi connectivity index (χ0) is 20.1. The number of hydrogen-bond acceptors (Lipinski definition) is 5. The SMILES string of the molecule is COC(=O)[C@@]1(C)c2ccccc2C(=O)N2CCc3cc(OC)c(OC)cc3[C@H]21. The number of carbonyl (C=O) groups excluding carboxylic acids is 2. The second-order valence-corrected chi connectivity index (χ2v) is 7.30. The Kier molecular flexibility index (Phi) is 4.29. The number of nitrogens with zero attached hydrogens (tertiary/aromatic N) is 1. The first kappa shape index (κ1) is 18.3. The molecule has 0 saturated heterocycles. The fourth-order valence-electron chi connectivity index (χ4n) is 4.65. The van der Waals surface area contributed by atoms with Gasteiger partial charge in [0.1, 0.15) is 5.41 Å². The van der Waals surface area contributed by atoms with Gasteiger partial charge in [-0.1, -0.05) is 18.2 Å². The molecule has 0 aromatic heterocycles. The highest BCUT2D eigenvalue weighted by Gasteiger charge is 2.55. The maximum absolute atomic E-state index is 13.3. The van der Waals surface area contributed by atoms with Crippen LogP contribution >= 0.6 is 0 Å². The zero-order valence-electron chi connectivity index (χ0n) is 16.4.